The minimum atomic E-state index is -0.123. The second kappa shape index (κ2) is 4.56. The number of ketones is 1. The molecule has 0 spiro atoms. The van der Waals surface area contributed by atoms with Gasteiger partial charge in [0.25, 0.3) is 0 Å². The molecule has 0 aromatic rings. The number of Topliss-reactive ketones (excluding diaryl/α,β-unsaturated/α-hetero) is 1. The summed E-state index contributed by atoms with van der Waals surface area (Å²) < 4.78 is 0. The molecule has 0 aliphatic rings. The van der Waals surface area contributed by atoms with Crippen molar-refractivity contribution in [1.82, 2.24) is 0 Å². The van der Waals surface area contributed by atoms with Gasteiger partial charge in [-0.15, -0.1) is 0 Å². The molecule has 0 aromatic heterocycles. The highest BCUT2D eigenvalue weighted by atomic mass is 32.2. The fraction of sp³-hybridized carbons (Fsp3) is 0.667. The van der Waals surface area contributed by atoms with Gasteiger partial charge in [-0.2, -0.15) is 11.8 Å². The summed E-state index contributed by atoms with van der Waals surface area (Å²) in [7, 11) is 0. The van der Waals surface area contributed by atoms with Gasteiger partial charge in [-0.1, -0.05) is 0 Å². The van der Waals surface area contributed by atoms with Crippen LogP contribution in [-0.2, 0) is 9.59 Å². The number of carbonyl (C=O) groups excluding carboxylic acids is 2. The van der Waals surface area contributed by atoms with E-state index < -0.39 is 0 Å². The molecule has 1 atom stereocenters. The van der Waals surface area contributed by atoms with Crippen LogP contribution in [0.25, 0.3) is 0 Å². The molecular weight excluding hydrogens is 136 g/mol. The standard InChI is InChI=1S/C6H10O2S/c1-5(8)6(9-2)3-4-7/h4,6H,3H2,1-2H3. The molecule has 0 rings (SSSR count). The van der Waals surface area contributed by atoms with Crippen molar-refractivity contribution in [2.75, 3.05) is 6.26 Å². The predicted octanol–water partition coefficient (Wildman–Crippen LogP) is 0.896. The van der Waals surface area contributed by atoms with Gasteiger partial charge in [-0.25, -0.2) is 0 Å². The second-order valence-corrected chi connectivity index (χ2v) is 2.78. The van der Waals surface area contributed by atoms with Crippen molar-refractivity contribution in [2.45, 2.75) is 18.6 Å². The van der Waals surface area contributed by atoms with E-state index in [0.29, 0.717) is 6.42 Å². The second-order valence-electron chi connectivity index (χ2n) is 1.74. The van der Waals surface area contributed by atoms with E-state index in [9.17, 15) is 9.59 Å². The van der Waals surface area contributed by atoms with E-state index in [0.717, 1.165) is 6.29 Å². The Morgan fingerprint density at radius 3 is 2.44 bits per heavy atom. The van der Waals surface area contributed by atoms with E-state index in [1.807, 2.05) is 6.26 Å². The van der Waals surface area contributed by atoms with E-state index >= 15 is 0 Å². The van der Waals surface area contributed by atoms with Crippen LogP contribution in [0.15, 0.2) is 0 Å². The van der Waals surface area contributed by atoms with Gasteiger partial charge in [0.2, 0.25) is 0 Å². The maximum absolute atomic E-state index is 10.6. The lowest BCUT2D eigenvalue weighted by molar-refractivity contribution is -0.118. The third-order valence-electron chi connectivity index (χ3n) is 1.05. The van der Waals surface area contributed by atoms with Gasteiger partial charge in [0, 0.05) is 6.42 Å². The van der Waals surface area contributed by atoms with Crippen LogP contribution >= 0.6 is 11.8 Å². The molecule has 0 saturated carbocycles. The quantitative estimate of drug-likeness (QED) is 0.552. The topological polar surface area (TPSA) is 34.1 Å². The predicted molar refractivity (Wildman–Crippen MR) is 38.7 cm³/mol. The van der Waals surface area contributed by atoms with E-state index in [1.54, 1.807) is 0 Å². The van der Waals surface area contributed by atoms with E-state index in [-0.39, 0.29) is 11.0 Å². The number of aldehydes is 1. The first kappa shape index (κ1) is 8.69. The number of carbonyl (C=O) groups is 2. The molecule has 2 nitrogen and oxygen atoms in total. The van der Waals surface area contributed by atoms with E-state index in [1.165, 1.54) is 18.7 Å². The zero-order chi connectivity index (χ0) is 7.28. The van der Waals surface area contributed by atoms with Crippen molar-refractivity contribution in [2.24, 2.45) is 0 Å². The Bertz CT molecular complexity index is 112. The molecule has 9 heavy (non-hydrogen) atoms. The Hall–Kier alpha value is -0.310. The van der Waals surface area contributed by atoms with Crippen LogP contribution < -0.4 is 0 Å². The fourth-order valence-corrected chi connectivity index (χ4v) is 1.12. The van der Waals surface area contributed by atoms with Crippen LogP contribution in [0, 0.1) is 0 Å². The zero-order valence-electron chi connectivity index (χ0n) is 5.59. The molecule has 0 aliphatic heterocycles. The van der Waals surface area contributed by atoms with Crippen molar-refractivity contribution in [1.29, 1.82) is 0 Å². The SMILES string of the molecule is CSC(CC=O)C(C)=O. The highest BCUT2D eigenvalue weighted by Crippen LogP contribution is 2.09. The highest BCUT2D eigenvalue weighted by Gasteiger charge is 2.10. The summed E-state index contributed by atoms with van der Waals surface area (Å²) in [4.78, 5) is 20.5. The molecule has 0 heterocycles. The van der Waals surface area contributed by atoms with Crippen molar-refractivity contribution in [3.8, 4) is 0 Å². The molecule has 0 fully saturated rings. The molecule has 0 aliphatic carbocycles. The maximum atomic E-state index is 10.6. The Balaban J connectivity index is 3.67. The molecule has 3 heteroatoms. The van der Waals surface area contributed by atoms with Gasteiger partial charge >= 0.3 is 0 Å². The zero-order valence-corrected chi connectivity index (χ0v) is 6.40. The first-order valence-electron chi connectivity index (χ1n) is 2.69. The van der Waals surface area contributed by atoms with Crippen LogP contribution in [-0.4, -0.2) is 23.6 Å². The summed E-state index contributed by atoms with van der Waals surface area (Å²) in [6, 6.07) is 0. The molecule has 1 unspecified atom stereocenters. The van der Waals surface area contributed by atoms with E-state index in [4.69, 9.17) is 0 Å². The lowest BCUT2D eigenvalue weighted by atomic mass is 10.2. The first-order chi connectivity index (χ1) is 4.22. The Labute approximate surface area is 59.0 Å². The van der Waals surface area contributed by atoms with Crippen molar-refractivity contribution in [3.05, 3.63) is 0 Å². The number of hydrogen-bond acceptors (Lipinski definition) is 3. The minimum absolute atomic E-state index is 0.0783. The Morgan fingerprint density at radius 1 is 1.78 bits per heavy atom. The molecule has 0 radical (unpaired) electrons. The van der Waals surface area contributed by atoms with Crippen LogP contribution in [0.4, 0.5) is 0 Å². The largest absolute Gasteiger partial charge is 0.303 e. The molecule has 52 valence electrons. The van der Waals surface area contributed by atoms with Gasteiger partial charge in [0.1, 0.15) is 12.1 Å². The number of thioether (sulfide) groups is 1. The van der Waals surface area contributed by atoms with Crippen LogP contribution in [0.3, 0.4) is 0 Å². The fourth-order valence-electron chi connectivity index (χ4n) is 0.516. The third-order valence-corrected chi connectivity index (χ3v) is 2.14. The summed E-state index contributed by atoms with van der Waals surface area (Å²) in [6.07, 6.45) is 2.95. The molecule has 0 aromatic carbocycles. The summed E-state index contributed by atoms with van der Waals surface area (Å²) in [5.74, 6) is 0.0783. The van der Waals surface area contributed by atoms with Gasteiger partial charge < -0.3 is 4.79 Å². The Morgan fingerprint density at radius 2 is 2.33 bits per heavy atom. The molecule has 0 amide bonds. The van der Waals surface area contributed by atoms with Gasteiger partial charge in [0.05, 0.1) is 5.25 Å². The average Bonchev–Trinajstić information content (AvgIpc) is 1.82. The van der Waals surface area contributed by atoms with Crippen LogP contribution in [0.5, 0.6) is 0 Å². The minimum Gasteiger partial charge on any atom is -0.303 e. The van der Waals surface area contributed by atoms with E-state index in [2.05, 4.69) is 0 Å². The van der Waals surface area contributed by atoms with Crippen molar-refractivity contribution >= 4 is 23.8 Å². The van der Waals surface area contributed by atoms with Crippen molar-refractivity contribution < 1.29 is 9.59 Å². The van der Waals surface area contributed by atoms with Gasteiger partial charge in [-0.05, 0) is 13.2 Å². The third kappa shape index (κ3) is 3.30. The van der Waals surface area contributed by atoms with Crippen molar-refractivity contribution in [3.63, 3.8) is 0 Å². The molecule has 0 N–H and O–H groups in total. The smallest absolute Gasteiger partial charge is 0.143 e. The van der Waals surface area contributed by atoms with Crippen LogP contribution in [0.1, 0.15) is 13.3 Å². The number of rotatable bonds is 4. The summed E-state index contributed by atoms with van der Waals surface area (Å²) in [5.41, 5.74) is 0. The highest BCUT2D eigenvalue weighted by molar-refractivity contribution is 7.99. The first-order valence-corrected chi connectivity index (χ1v) is 3.98. The van der Waals surface area contributed by atoms with Gasteiger partial charge in [-0.3, -0.25) is 4.79 Å². The molecule has 0 bridgehead atoms. The summed E-state index contributed by atoms with van der Waals surface area (Å²) in [6.45, 7) is 1.50. The summed E-state index contributed by atoms with van der Waals surface area (Å²) in [5, 5.41) is -0.123. The maximum Gasteiger partial charge on any atom is 0.143 e. The molecule has 0 saturated heterocycles. The Kier molecular flexibility index (Phi) is 4.40. The van der Waals surface area contributed by atoms with Crippen LogP contribution in [0.2, 0.25) is 0 Å². The van der Waals surface area contributed by atoms with Gasteiger partial charge in [0.15, 0.2) is 0 Å². The summed E-state index contributed by atoms with van der Waals surface area (Å²) >= 11 is 1.42. The molecular formula is C6H10O2S. The monoisotopic (exact) mass is 146 g/mol. The normalized spacial score (nSPS) is 12.7. The number of hydrogen-bond donors (Lipinski definition) is 0. The lowest BCUT2D eigenvalue weighted by Gasteiger charge is -2.03. The lowest BCUT2D eigenvalue weighted by Crippen LogP contribution is -2.12. The average molecular weight is 146 g/mol.